The van der Waals surface area contributed by atoms with Crippen molar-refractivity contribution < 1.29 is 4.74 Å². The average Bonchev–Trinajstić information content (AvgIpc) is 2.84. The molecule has 0 aliphatic carbocycles. The van der Waals surface area contributed by atoms with Crippen molar-refractivity contribution in [1.29, 1.82) is 0 Å². The van der Waals surface area contributed by atoms with Gasteiger partial charge in [-0.3, -0.25) is 0 Å². The van der Waals surface area contributed by atoms with Gasteiger partial charge in [0.25, 0.3) is 0 Å². The highest BCUT2D eigenvalue weighted by atomic mass is 35.5. The molecule has 2 aromatic carbocycles. The van der Waals surface area contributed by atoms with Gasteiger partial charge in [-0.05, 0) is 54.4 Å². The third-order valence-corrected chi connectivity index (χ3v) is 4.73. The molecule has 3 nitrogen and oxygen atoms in total. The van der Waals surface area contributed by atoms with Gasteiger partial charge in [0.2, 0.25) is 0 Å². The number of ether oxygens (including phenoxy) is 1. The van der Waals surface area contributed by atoms with Crippen molar-refractivity contribution in [3.05, 3.63) is 57.3 Å². The van der Waals surface area contributed by atoms with Crippen LogP contribution >= 0.6 is 23.8 Å². The van der Waals surface area contributed by atoms with Crippen LogP contribution in [0.15, 0.2) is 36.4 Å². The molecule has 0 fully saturated rings. The van der Waals surface area contributed by atoms with Crippen LogP contribution in [-0.2, 0) is 6.54 Å². The second-order valence-electron chi connectivity index (χ2n) is 6.26. The van der Waals surface area contributed by atoms with Crippen LogP contribution in [-0.4, -0.2) is 16.2 Å². The van der Waals surface area contributed by atoms with Gasteiger partial charge in [-0.15, -0.1) is 0 Å². The lowest BCUT2D eigenvalue weighted by Gasteiger charge is -2.15. The lowest BCUT2D eigenvalue weighted by atomic mass is 10.0. The first kappa shape index (κ1) is 17.1. The number of aromatic amines is 1. The van der Waals surface area contributed by atoms with E-state index in [0.717, 1.165) is 16.8 Å². The number of imidazole rings is 1. The summed E-state index contributed by atoms with van der Waals surface area (Å²) < 4.78 is 8.73. The highest BCUT2D eigenvalue weighted by Gasteiger charge is 2.10. The summed E-state index contributed by atoms with van der Waals surface area (Å²) in [7, 11) is 0. The molecule has 0 spiro atoms. The van der Waals surface area contributed by atoms with Crippen molar-refractivity contribution in [2.45, 2.75) is 33.2 Å². The normalized spacial score (nSPS) is 11.4. The predicted molar refractivity (Wildman–Crippen MR) is 103 cm³/mol. The monoisotopic (exact) mass is 360 g/mol. The van der Waals surface area contributed by atoms with Crippen molar-refractivity contribution in [3.8, 4) is 5.75 Å². The number of nitrogens with zero attached hydrogens (tertiary/aromatic N) is 1. The molecule has 0 radical (unpaired) electrons. The minimum absolute atomic E-state index is 0.422. The average molecular weight is 361 g/mol. The van der Waals surface area contributed by atoms with E-state index in [1.807, 2.05) is 22.8 Å². The standard InChI is InChI=1S/C19H21ClN2OS/c1-12(2)14-8-7-13(3)11-17(14)23-10-9-22-18-15(20)5-4-6-16(18)21-19(22)24/h4-8,11-12H,9-10H2,1-3H3,(H,21,24). The topological polar surface area (TPSA) is 29.9 Å². The Kier molecular flexibility index (Phi) is 4.97. The highest BCUT2D eigenvalue weighted by Crippen LogP contribution is 2.28. The molecule has 24 heavy (non-hydrogen) atoms. The summed E-state index contributed by atoms with van der Waals surface area (Å²) in [5, 5.41) is 0.693. The molecule has 0 bridgehead atoms. The molecule has 1 heterocycles. The minimum Gasteiger partial charge on any atom is -0.491 e. The Labute approximate surface area is 152 Å². The Balaban J connectivity index is 1.82. The fourth-order valence-electron chi connectivity index (χ4n) is 2.88. The summed E-state index contributed by atoms with van der Waals surface area (Å²) in [4.78, 5) is 3.19. The summed E-state index contributed by atoms with van der Waals surface area (Å²) in [5.41, 5.74) is 4.30. The third kappa shape index (κ3) is 3.35. The van der Waals surface area contributed by atoms with E-state index in [4.69, 9.17) is 28.6 Å². The van der Waals surface area contributed by atoms with Gasteiger partial charge in [0, 0.05) is 0 Å². The van der Waals surface area contributed by atoms with Crippen LogP contribution < -0.4 is 4.74 Å². The van der Waals surface area contributed by atoms with E-state index in [9.17, 15) is 0 Å². The number of hydrogen-bond donors (Lipinski definition) is 1. The zero-order valence-corrected chi connectivity index (χ0v) is 15.7. The van der Waals surface area contributed by atoms with Gasteiger partial charge in [0.1, 0.15) is 12.4 Å². The maximum Gasteiger partial charge on any atom is 0.178 e. The number of rotatable bonds is 5. The maximum absolute atomic E-state index is 6.33. The van der Waals surface area contributed by atoms with E-state index in [1.54, 1.807) is 0 Å². The zero-order chi connectivity index (χ0) is 17.3. The molecule has 5 heteroatoms. The quantitative estimate of drug-likeness (QED) is 0.577. The van der Waals surface area contributed by atoms with Crippen LogP contribution in [0.1, 0.15) is 30.9 Å². The van der Waals surface area contributed by atoms with Gasteiger partial charge < -0.3 is 14.3 Å². The molecule has 1 N–H and O–H groups in total. The van der Waals surface area contributed by atoms with Crippen molar-refractivity contribution in [2.75, 3.05) is 6.61 Å². The smallest absolute Gasteiger partial charge is 0.178 e. The fourth-order valence-corrected chi connectivity index (χ4v) is 3.45. The van der Waals surface area contributed by atoms with Gasteiger partial charge in [0.15, 0.2) is 4.77 Å². The summed E-state index contributed by atoms with van der Waals surface area (Å²) >= 11 is 11.8. The number of para-hydroxylation sites is 1. The van der Waals surface area contributed by atoms with Crippen LogP contribution in [0.25, 0.3) is 11.0 Å². The van der Waals surface area contributed by atoms with Gasteiger partial charge in [-0.1, -0.05) is 43.6 Å². The van der Waals surface area contributed by atoms with E-state index in [1.165, 1.54) is 11.1 Å². The van der Waals surface area contributed by atoms with Gasteiger partial charge in [-0.2, -0.15) is 0 Å². The summed E-state index contributed by atoms with van der Waals surface area (Å²) in [5.74, 6) is 1.37. The number of nitrogens with one attached hydrogen (secondary N) is 1. The van der Waals surface area contributed by atoms with E-state index in [0.29, 0.717) is 28.9 Å². The number of aromatic nitrogens is 2. The first-order valence-electron chi connectivity index (χ1n) is 8.07. The Bertz CT molecular complexity index is 927. The number of aryl methyl sites for hydroxylation is 1. The van der Waals surface area contributed by atoms with Crippen LogP contribution in [0.5, 0.6) is 5.75 Å². The molecule has 0 atom stereocenters. The van der Waals surface area contributed by atoms with Crippen LogP contribution in [0, 0.1) is 11.7 Å². The molecule has 0 unspecified atom stereocenters. The zero-order valence-electron chi connectivity index (χ0n) is 14.1. The van der Waals surface area contributed by atoms with E-state index < -0.39 is 0 Å². The van der Waals surface area contributed by atoms with Gasteiger partial charge >= 0.3 is 0 Å². The number of halogens is 1. The van der Waals surface area contributed by atoms with Crippen molar-refractivity contribution in [2.24, 2.45) is 0 Å². The Hall–Kier alpha value is -1.78. The summed E-state index contributed by atoms with van der Waals surface area (Å²) in [6.45, 7) is 7.61. The van der Waals surface area contributed by atoms with Crippen molar-refractivity contribution in [1.82, 2.24) is 9.55 Å². The molecule has 0 aliphatic heterocycles. The van der Waals surface area contributed by atoms with Crippen LogP contribution in [0.4, 0.5) is 0 Å². The van der Waals surface area contributed by atoms with Crippen molar-refractivity contribution in [3.63, 3.8) is 0 Å². The van der Waals surface area contributed by atoms with E-state index >= 15 is 0 Å². The third-order valence-electron chi connectivity index (χ3n) is 4.11. The van der Waals surface area contributed by atoms with Crippen LogP contribution in [0.3, 0.4) is 0 Å². The lowest BCUT2D eigenvalue weighted by molar-refractivity contribution is 0.295. The minimum atomic E-state index is 0.422. The first-order valence-corrected chi connectivity index (χ1v) is 8.86. The molecule has 0 aliphatic rings. The summed E-state index contributed by atoms with van der Waals surface area (Å²) in [6.07, 6.45) is 0. The van der Waals surface area contributed by atoms with Gasteiger partial charge in [-0.25, -0.2) is 0 Å². The second-order valence-corrected chi connectivity index (χ2v) is 7.06. The Morgan fingerprint density at radius 1 is 1.25 bits per heavy atom. The first-order chi connectivity index (χ1) is 11.5. The van der Waals surface area contributed by atoms with Gasteiger partial charge in [0.05, 0.1) is 22.6 Å². The maximum atomic E-state index is 6.33. The molecular formula is C19H21ClN2OS. The lowest BCUT2D eigenvalue weighted by Crippen LogP contribution is -2.10. The Morgan fingerprint density at radius 2 is 2.04 bits per heavy atom. The SMILES string of the molecule is Cc1ccc(C(C)C)c(OCCn2c(=S)[nH]c3cccc(Cl)c32)c1. The molecule has 3 aromatic rings. The molecule has 0 saturated carbocycles. The molecule has 0 saturated heterocycles. The Morgan fingerprint density at radius 3 is 2.79 bits per heavy atom. The molecule has 1 aromatic heterocycles. The highest BCUT2D eigenvalue weighted by molar-refractivity contribution is 7.71. The number of benzene rings is 2. The second kappa shape index (κ2) is 6.99. The fraction of sp³-hybridized carbons (Fsp3) is 0.316. The number of hydrogen-bond acceptors (Lipinski definition) is 2. The van der Waals surface area contributed by atoms with Crippen LogP contribution in [0.2, 0.25) is 5.02 Å². The van der Waals surface area contributed by atoms with E-state index in [2.05, 4.69) is 44.0 Å². The summed E-state index contributed by atoms with van der Waals surface area (Å²) in [6, 6.07) is 12.1. The molecule has 0 amide bonds. The predicted octanol–water partition coefficient (Wildman–Crippen LogP) is 5.86. The number of H-pyrrole nitrogens is 1. The molecular weight excluding hydrogens is 340 g/mol. The number of fused-ring (bicyclic) bond motifs is 1. The molecule has 126 valence electrons. The van der Waals surface area contributed by atoms with Crippen molar-refractivity contribution >= 4 is 34.9 Å². The molecule has 3 rings (SSSR count). The largest absolute Gasteiger partial charge is 0.491 e. The van der Waals surface area contributed by atoms with E-state index in [-0.39, 0.29) is 0 Å².